The predicted molar refractivity (Wildman–Crippen MR) is 65.5 cm³/mol. The molecule has 0 aliphatic carbocycles. The number of esters is 1. The fourth-order valence-corrected chi connectivity index (χ4v) is 1.94. The first-order chi connectivity index (χ1) is 8.49. The van der Waals surface area contributed by atoms with Crippen LogP contribution in [0.25, 0.3) is 0 Å². The normalized spacial score (nSPS) is 18.2. The van der Waals surface area contributed by atoms with Gasteiger partial charge < -0.3 is 4.74 Å². The van der Waals surface area contributed by atoms with Gasteiger partial charge in [0.2, 0.25) is 11.8 Å². The zero-order valence-corrected chi connectivity index (χ0v) is 11.1. The van der Waals surface area contributed by atoms with Crippen LogP contribution >= 0.6 is 0 Å². The molecule has 1 aliphatic rings. The Bertz CT molecular complexity index is 368. The molecule has 0 saturated carbocycles. The van der Waals surface area contributed by atoms with Crippen molar-refractivity contribution in [2.24, 2.45) is 5.92 Å². The number of ether oxygens (including phenoxy) is 1. The lowest BCUT2D eigenvalue weighted by Gasteiger charge is -2.27. The maximum atomic E-state index is 11.7. The second kappa shape index (κ2) is 6.33. The van der Waals surface area contributed by atoms with Crippen LogP contribution in [0.4, 0.5) is 0 Å². The average molecular weight is 253 g/mol. The maximum absolute atomic E-state index is 11.7. The topological polar surface area (TPSA) is 63.7 Å². The molecule has 1 rings (SSSR count). The summed E-state index contributed by atoms with van der Waals surface area (Å²) in [5, 5.41) is 0. The second-order valence-corrected chi connectivity index (χ2v) is 4.49. The first-order valence-corrected chi connectivity index (χ1v) is 6.10. The summed E-state index contributed by atoms with van der Waals surface area (Å²) in [7, 11) is 1.31. The molecule has 0 aromatic rings. The monoisotopic (exact) mass is 253 g/mol. The highest BCUT2D eigenvalue weighted by atomic mass is 16.5. The standard InChI is InChI=1S/C13H19NO4/c1-4-10(13(17)18-3)5-6-14-11(15)7-9(2)8-12(14)16/h5,9H,4,6-8H2,1-3H3. The number of methoxy groups -OCH3 is 1. The first kappa shape index (κ1) is 14.4. The molecule has 1 heterocycles. The van der Waals surface area contributed by atoms with Gasteiger partial charge in [-0.3, -0.25) is 14.5 Å². The number of rotatable bonds is 4. The third kappa shape index (κ3) is 3.42. The van der Waals surface area contributed by atoms with Crippen molar-refractivity contribution in [2.45, 2.75) is 33.1 Å². The molecule has 0 aromatic heterocycles. The SMILES string of the molecule is CCC(=CCN1C(=O)CC(C)CC1=O)C(=O)OC. The first-order valence-electron chi connectivity index (χ1n) is 6.10. The summed E-state index contributed by atoms with van der Waals surface area (Å²) in [4.78, 5) is 36.0. The Morgan fingerprint density at radius 3 is 2.39 bits per heavy atom. The van der Waals surface area contributed by atoms with E-state index in [4.69, 9.17) is 0 Å². The van der Waals surface area contributed by atoms with E-state index >= 15 is 0 Å². The molecule has 0 N–H and O–H groups in total. The van der Waals surface area contributed by atoms with E-state index in [1.54, 1.807) is 6.08 Å². The van der Waals surface area contributed by atoms with E-state index in [-0.39, 0.29) is 24.3 Å². The molecule has 1 aliphatic heterocycles. The van der Waals surface area contributed by atoms with Crippen LogP contribution in [0.15, 0.2) is 11.6 Å². The molecule has 2 amide bonds. The number of hydrogen-bond acceptors (Lipinski definition) is 4. The van der Waals surface area contributed by atoms with Gasteiger partial charge in [-0.05, 0) is 12.3 Å². The van der Waals surface area contributed by atoms with E-state index in [9.17, 15) is 14.4 Å². The average Bonchev–Trinajstić information content (AvgIpc) is 2.31. The third-order valence-electron chi connectivity index (χ3n) is 3.00. The smallest absolute Gasteiger partial charge is 0.333 e. The Morgan fingerprint density at radius 2 is 1.94 bits per heavy atom. The minimum absolute atomic E-state index is 0.108. The van der Waals surface area contributed by atoms with Gasteiger partial charge >= 0.3 is 5.97 Å². The van der Waals surface area contributed by atoms with Gasteiger partial charge in [0.25, 0.3) is 0 Å². The summed E-state index contributed by atoms with van der Waals surface area (Å²) >= 11 is 0. The Balaban J connectivity index is 2.72. The van der Waals surface area contributed by atoms with Gasteiger partial charge in [0.05, 0.1) is 7.11 Å². The lowest BCUT2D eigenvalue weighted by Crippen LogP contribution is -2.42. The van der Waals surface area contributed by atoms with Gasteiger partial charge in [0.1, 0.15) is 0 Å². The number of carbonyl (C=O) groups excluding carboxylic acids is 3. The van der Waals surface area contributed by atoms with Crippen LogP contribution in [-0.4, -0.2) is 36.3 Å². The van der Waals surface area contributed by atoms with Crippen LogP contribution in [0.1, 0.15) is 33.1 Å². The number of imide groups is 1. The molecular formula is C13H19NO4. The van der Waals surface area contributed by atoms with E-state index in [0.717, 1.165) is 0 Å². The van der Waals surface area contributed by atoms with Gasteiger partial charge in [-0.2, -0.15) is 0 Å². The summed E-state index contributed by atoms with van der Waals surface area (Å²) in [5.41, 5.74) is 0.483. The van der Waals surface area contributed by atoms with Crippen molar-refractivity contribution in [3.8, 4) is 0 Å². The van der Waals surface area contributed by atoms with Gasteiger partial charge in [-0.1, -0.05) is 19.9 Å². The van der Waals surface area contributed by atoms with Crippen LogP contribution in [0.2, 0.25) is 0 Å². The number of hydrogen-bond donors (Lipinski definition) is 0. The lowest BCUT2D eigenvalue weighted by molar-refractivity contribution is -0.149. The maximum Gasteiger partial charge on any atom is 0.333 e. The van der Waals surface area contributed by atoms with Crippen LogP contribution in [-0.2, 0) is 19.1 Å². The van der Waals surface area contributed by atoms with Crippen molar-refractivity contribution in [3.63, 3.8) is 0 Å². The highest BCUT2D eigenvalue weighted by molar-refractivity contribution is 5.98. The van der Waals surface area contributed by atoms with Crippen molar-refractivity contribution in [2.75, 3.05) is 13.7 Å². The summed E-state index contributed by atoms with van der Waals surface area (Å²) in [6.07, 6.45) is 2.88. The minimum Gasteiger partial charge on any atom is -0.466 e. The second-order valence-electron chi connectivity index (χ2n) is 4.49. The summed E-state index contributed by atoms with van der Waals surface area (Å²) in [6.45, 7) is 3.86. The van der Waals surface area contributed by atoms with Crippen LogP contribution in [0, 0.1) is 5.92 Å². The predicted octanol–water partition coefficient (Wildman–Crippen LogP) is 1.28. The molecule has 0 spiro atoms. The number of carbonyl (C=O) groups is 3. The van der Waals surface area contributed by atoms with Crippen molar-refractivity contribution in [1.29, 1.82) is 0 Å². The molecule has 18 heavy (non-hydrogen) atoms. The Morgan fingerprint density at radius 1 is 1.39 bits per heavy atom. The Hall–Kier alpha value is -1.65. The Labute approximate surface area is 107 Å². The molecular weight excluding hydrogens is 234 g/mol. The lowest BCUT2D eigenvalue weighted by atomic mass is 9.98. The van der Waals surface area contributed by atoms with Crippen molar-refractivity contribution >= 4 is 17.8 Å². The highest BCUT2D eigenvalue weighted by Crippen LogP contribution is 2.19. The van der Waals surface area contributed by atoms with Crippen molar-refractivity contribution in [3.05, 3.63) is 11.6 Å². The van der Waals surface area contributed by atoms with Gasteiger partial charge in [0, 0.05) is 25.0 Å². The molecule has 0 unspecified atom stereocenters. The van der Waals surface area contributed by atoms with Crippen molar-refractivity contribution < 1.29 is 19.1 Å². The van der Waals surface area contributed by atoms with Crippen LogP contribution < -0.4 is 0 Å². The van der Waals surface area contributed by atoms with Gasteiger partial charge in [0.15, 0.2) is 0 Å². The molecule has 5 heteroatoms. The van der Waals surface area contributed by atoms with Crippen LogP contribution in [0.3, 0.4) is 0 Å². The van der Waals surface area contributed by atoms with Crippen LogP contribution in [0.5, 0.6) is 0 Å². The minimum atomic E-state index is -0.414. The van der Waals surface area contributed by atoms with E-state index in [1.165, 1.54) is 12.0 Å². The highest BCUT2D eigenvalue weighted by Gasteiger charge is 2.29. The quantitative estimate of drug-likeness (QED) is 0.430. The molecule has 1 fully saturated rings. The molecule has 1 saturated heterocycles. The largest absolute Gasteiger partial charge is 0.466 e. The molecule has 100 valence electrons. The van der Waals surface area contributed by atoms with E-state index in [2.05, 4.69) is 4.74 Å². The summed E-state index contributed by atoms with van der Waals surface area (Å²) < 4.78 is 4.62. The fraction of sp³-hybridized carbons (Fsp3) is 0.615. The zero-order chi connectivity index (χ0) is 13.7. The summed E-state index contributed by atoms with van der Waals surface area (Å²) in [6, 6.07) is 0. The fourth-order valence-electron chi connectivity index (χ4n) is 1.94. The van der Waals surface area contributed by atoms with Gasteiger partial charge in [-0.25, -0.2) is 4.79 Å². The number of piperidine rings is 1. The van der Waals surface area contributed by atoms with Crippen molar-refractivity contribution in [1.82, 2.24) is 4.90 Å². The molecule has 0 radical (unpaired) electrons. The molecule has 0 aromatic carbocycles. The number of amides is 2. The van der Waals surface area contributed by atoms with E-state index < -0.39 is 5.97 Å². The zero-order valence-electron chi connectivity index (χ0n) is 11.1. The Kier molecular flexibility index (Phi) is 5.07. The van der Waals surface area contributed by atoms with Gasteiger partial charge in [-0.15, -0.1) is 0 Å². The summed E-state index contributed by atoms with van der Waals surface area (Å²) in [5.74, 6) is -0.648. The van der Waals surface area contributed by atoms with E-state index in [0.29, 0.717) is 24.8 Å². The molecule has 0 atom stereocenters. The number of likely N-dealkylation sites (tertiary alicyclic amines) is 1. The third-order valence-corrected chi connectivity index (χ3v) is 3.00. The molecule has 0 bridgehead atoms. The number of nitrogens with zero attached hydrogens (tertiary/aromatic N) is 1. The van der Waals surface area contributed by atoms with E-state index in [1.807, 2.05) is 13.8 Å². The molecule has 5 nitrogen and oxygen atoms in total.